The zero-order valence-corrected chi connectivity index (χ0v) is 22.0. The zero-order valence-electron chi connectivity index (χ0n) is 21.2. The molecule has 38 heavy (non-hydrogen) atoms. The Hall–Kier alpha value is -4.45. The second-order valence-corrected chi connectivity index (χ2v) is 10.3. The van der Waals surface area contributed by atoms with E-state index in [1.807, 2.05) is 13.8 Å². The summed E-state index contributed by atoms with van der Waals surface area (Å²) in [5, 5.41) is 6.26. The number of aryl methyl sites for hydroxylation is 3. The number of carbonyl (C=O) groups is 2. The van der Waals surface area contributed by atoms with Crippen LogP contribution in [-0.2, 0) is 19.6 Å². The van der Waals surface area contributed by atoms with E-state index in [2.05, 4.69) is 25.2 Å². The van der Waals surface area contributed by atoms with E-state index in [0.29, 0.717) is 22.8 Å². The Morgan fingerprint density at radius 1 is 1.05 bits per heavy atom. The molecule has 11 nitrogen and oxygen atoms in total. The Labute approximate surface area is 219 Å². The van der Waals surface area contributed by atoms with Crippen molar-refractivity contribution in [1.29, 1.82) is 0 Å². The van der Waals surface area contributed by atoms with E-state index in [1.165, 1.54) is 30.3 Å². The molecule has 198 valence electrons. The van der Waals surface area contributed by atoms with Crippen molar-refractivity contribution >= 4 is 33.4 Å². The molecule has 0 aliphatic carbocycles. The molecular formula is C26H27N5O6S. The summed E-state index contributed by atoms with van der Waals surface area (Å²) >= 11 is 0. The Morgan fingerprint density at radius 2 is 1.74 bits per heavy atom. The van der Waals surface area contributed by atoms with Gasteiger partial charge in [0.2, 0.25) is 0 Å². The van der Waals surface area contributed by atoms with E-state index >= 15 is 0 Å². The predicted octanol–water partition coefficient (Wildman–Crippen LogP) is 4.36. The van der Waals surface area contributed by atoms with Gasteiger partial charge in [0.05, 0.1) is 16.2 Å². The topological polar surface area (TPSA) is 156 Å². The molecular weight excluding hydrogens is 510 g/mol. The molecule has 2 heterocycles. The number of hydrogen-bond acceptors (Lipinski definition) is 8. The van der Waals surface area contributed by atoms with Gasteiger partial charge < -0.3 is 19.6 Å². The largest absolute Gasteiger partial charge is 0.449 e. The first kappa shape index (κ1) is 26.6. The second kappa shape index (κ2) is 10.9. The molecule has 4 aromatic rings. The first-order chi connectivity index (χ1) is 18.1. The van der Waals surface area contributed by atoms with Crippen molar-refractivity contribution in [2.75, 3.05) is 10.0 Å². The van der Waals surface area contributed by atoms with E-state index in [1.54, 1.807) is 38.1 Å². The molecule has 12 heteroatoms. The third-order valence-corrected chi connectivity index (χ3v) is 7.10. The van der Waals surface area contributed by atoms with Crippen LogP contribution in [0.4, 0.5) is 11.5 Å². The van der Waals surface area contributed by atoms with Crippen molar-refractivity contribution < 1.29 is 27.3 Å². The van der Waals surface area contributed by atoms with Crippen LogP contribution in [0.3, 0.4) is 0 Å². The van der Waals surface area contributed by atoms with Gasteiger partial charge in [-0.05, 0) is 63.6 Å². The van der Waals surface area contributed by atoms with Crippen molar-refractivity contribution in [3.63, 3.8) is 0 Å². The number of imidazole rings is 1. The Balaban J connectivity index is 1.37. The molecule has 0 aliphatic rings. The monoisotopic (exact) mass is 537 g/mol. The van der Waals surface area contributed by atoms with Gasteiger partial charge in [0.1, 0.15) is 11.6 Å². The molecule has 0 spiro atoms. The summed E-state index contributed by atoms with van der Waals surface area (Å²) in [6, 6.07) is 13.7. The van der Waals surface area contributed by atoms with Gasteiger partial charge in [-0.25, -0.2) is 18.2 Å². The summed E-state index contributed by atoms with van der Waals surface area (Å²) in [6.07, 6.45) is -0.799. The van der Waals surface area contributed by atoms with Crippen molar-refractivity contribution in [3.05, 3.63) is 77.3 Å². The van der Waals surface area contributed by atoms with Crippen molar-refractivity contribution in [3.8, 4) is 11.4 Å². The van der Waals surface area contributed by atoms with Gasteiger partial charge >= 0.3 is 5.97 Å². The number of hydrogen-bond donors (Lipinski definition) is 3. The summed E-state index contributed by atoms with van der Waals surface area (Å²) in [7, 11) is -3.90. The fourth-order valence-electron chi connectivity index (χ4n) is 3.52. The molecule has 2 aromatic heterocycles. The van der Waals surface area contributed by atoms with Gasteiger partial charge in [0, 0.05) is 23.0 Å². The molecule has 4 rings (SSSR count). The lowest BCUT2D eigenvalue weighted by molar-refractivity contribution is -0.124. The highest BCUT2D eigenvalue weighted by molar-refractivity contribution is 7.92. The number of carbonyl (C=O) groups excluding carboxylic acids is 2. The maximum Gasteiger partial charge on any atom is 0.338 e. The van der Waals surface area contributed by atoms with E-state index < -0.39 is 28.0 Å². The van der Waals surface area contributed by atoms with Crippen LogP contribution < -0.4 is 10.0 Å². The molecule has 2 aromatic carbocycles. The fraction of sp³-hybridized carbons (Fsp3) is 0.231. The normalized spacial score (nSPS) is 12.1. The SMILES string of the molecule is CCC(OC(=O)c1ccc(-c2nc(C)c(C)[nH]2)cc1)C(=O)Nc1ccc(S(=O)(=O)Nc2cc(C)on2)cc1. The van der Waals surface area contributed by atoms with Crippen molar-refractivity contribution in [1.82, 2.24) is 15.1 Å². The van der Waals surface area contributed by atoms with Crippen LogP contribution in [-0.4, -0.2) is 41.5 Å². The van der Waals surface area contributed by atoms with E-state index in [-0.39, 0.29) is 17.1 Å². The van der Waals surface area contributed by atoms with E-state index in [0.717, 1.165) is 17.0 Å². The summed E-state index contributed by atoms with van der Waals surface area (Å²) in [5.41, 5.74) is 3.32. The molecule has 3 N–H and O–H groups in total. The Morgan fingerprint density at radius 3 is 2.29 bits per heavy atom. The highest BCUT2D eigenvalue weighted by Gasteiger charge is 2.23. The van der Waals surface area contributed by atoms with Crippen LogP contribution in [0.2, 0.25) is 0 Å². The number of benzene rings is 2. The lowest BCUT2D eigenvalue weighted by Gasteiger charge is -2.16. The lowest BCUT2D eigenvalue weighted by atomic mass is 10.1. The van der Waals surface area contributed by atoms with Gasteiger partial charge in [0.25, 0.3) is 15.9 Å². The minimum absolute atomic E-state index is 0.0297. The molecule has 0 saturated carbocycles. The first-order valence-corrected chi connectivity index (χ1v) is 13.3. The Bertz CT molecular complexity index is 1540. The van der Waals surface area contributed by atoms with Gasteiger partial charge in [-0.3, -0.25) is 9.52 Å². The quantitative estimate of drug-likeness (QED) is 0.266. The van der Waals surface area contributed by atoms with Crippen LogP contribution in [0, 0.1) is 20.8 Å². The second-order valence-electron chi connectivity index (χ2n) is 8.62. The highest BCUT2D eigenvalue weighted by atomic mass is 32.2. The molecule has 0 radical (unpaired) electrons. The number of nitrogens with zero attached hydrogens (tertiary/aromatic N) is 2. The number of anilines is 2. The lowest BCUT2D eigenvalue weighted by Crippen LogP contribution is -2.32. The van der Waals surface area contributed by atoms with Gasteiger partial charge in [-0.15, -0.1) is 0 Å². The molecule has 0 fully saturated rings. The van der Waals surface area contributed by atoms with E-state index in [4.69, 9.17) is 9.26 Å². The average molecular weight is 538 g/mol. The smallest absolute Gasteiger partial charge is 0.338 e. The van der Waals surface area contributed by atoms with Crippen LogP contribution >= 0.6 is 0 Å². The molecule has 0 saturated heterocycles. The predicted molar refractivity (Wildman–Crippen MR) is 140 cm³/mol. The summed E-state index contributed by atoms with van der Waals surface area (Å²) in [6.45, 7) is 7.20. The third kappa shape index (κ3) is 6.09. The minimum atomic E-state index is -3.90. The number of H-pyrrole nitrogens is 1. The van der Waals surface area contributed by atoms with Crippen molar-refractivity contribution in [2.24, 2.45) is 0 Å². The zero-order chi connectivity index (χ0) is 27.4. The fourth-order valence-corrected chi connectivity index (χ4v) is 4.50. The third-order valence-electron chi connectivity index (χ3n) is 5.73. The molecule has 1 amide bonds. The van der Waals surface area contributed by atoms with E-state index in [9.17, 15) is 18.0 Å². The molecule has 1 unspecified atom stereocenters. The molecule has 0 bridgehead atoms. The number of esters is 1. The summed E-state index contributed by atoms with van der Waals surface area (Å²) < 4.78 is 37.7. The van der Waals surface area contributed by atoms with Crippen LogP contribution in [0.5, 0.6) is 0 Å². The van der Waals surface area contributed by atoms with Gasteiger partial charge in [0.15, 0.2) is 11.9 Å². The highest BCUT2D eigenvalue weighted by Crippen LogP contribution is 2.21. The molecule has 1 atom stereocenters. The number of sulfonamides is 1. The van der Waals surface area contributed by atoms with Gasteiger partial charge in [-0.2, -0.15) is 0 Å². The van der Waals surface area contributed by atoms with Crippen molar-refractivity contribution in [2.45, 2.75) is 45.1 Å². The number of nitrogens with one attached hydrogen (secondary N) is 3. The van der Waals surface area contributed by atoms with Gasteiger partial charge in [-0.1, -0.05) is 24.2 Å². The number of aromatic amines is 1. The first-order valence-electron chi connectivity index (χ1n) is 11.8. The number of amides is 1. The Kier molecular flexibility index (Phi) is 7.62. The number of rotatable bonds is 9. The standard InChI is InChI=1S/C26H27N5O6S/c1-5-22(36-26(33)19-8-6-18(7-9-19)24-27-16(3)17(4)28-24)25(32)29-20-10-12-21(13-11-20)38(34,35)31-23-14-15(2)37-30-23/h6-14,22H,5H2,1-4H3,(H,27,28)(H,29,32)(H,30,31). The summed E-state index contributed by atoms with van der Waals surface area (Å²) in [5.74, 6) is 0.0524. The number of aromatic nitrogens is 3. The maximum absolute atomic E-state index is 12.8. The molecule has 0 aliphatic heterocycles. The maximum atomic E-state index is 12.8. The average Bonchev–Trinajstić information content (AvgIpc) is 3.45. The van der Waals surface area contributed by atoms with Crippen LogP contribution in [0.25, 0.3) is 11.4 Å². The van der Waals surface area contributed by atoms with Crippen LogP contribution in [0.1, 0.15) is 40.9 Å². The number of ether oxygens (including phenoxy) is 1. The van der Waals surface area contributed by atoms with Crippen LogP contribution in [0.15, 0.2) is 64.0 Å². The minimum Gasteiger partial charge on any atom is -0.449 e. The summed E-state index contributed by atoms with van der Waals surface area (Å²) in [4.78, 5) is 33.0.